The van der Waals surface area contributed by atoms with Gasteiger partial charge < -0.3 is 10.6 Å². The topological polar surface area (TPSA) is 95.6 Å². The van der Waals surface area contributed by atoms with Crippen LogP contribution in [0.3, 0.4) is 0 Å². The molecule has 0 aliphatic heterocycles. The van der Waals surface area contributed by atoms with Crippen LogP contribution in [0.4, 0.5) is 21.5 Å². The minimum Gasteiger partial charge on any atom is -0.326 e. The average molecular weight is 488 g/mol. The largest absolute Gasteiger partial charge is 0.326 e. The molecule has 3 aromatic rings. The van der Waals surface area contributed by atoms with E-state index in [1.807, 2.05) is 6.26 Å². The van der Waals surface area contributed by atoms with Crippen LogP contribution in [0.25, 0.3) is 0 Å². The first-order chi connectivity index (χ1) is 15.7. The van der Waals surface area contributed by atoms with Crippen LogP contribution < -0.4 is 14.9 Å². The Kier molecular flexibility index (Phi) is 7.72. The van der Waals surface area contributed by atoms with Gasteiger partial charge in [-0.2, -0.15) is 0 Å². The molecular weight excluding hydrogens is 465 g/mol. The number of carbonyl (C=O) groups excluding carboxylic acids is 2. The maximum absolute atomic E-state index is 13.9. The lowest BCUT2D eigenvalue weighted by molar-refractivity contribution is -0.115. The highest BCUT2D eigenvalue weighted by molar-refractivity contribution is 7.98. The van der Waals surface area contributed by atoms with E-state index >= 15 is 0 Å². The van der Waals surface area contributed by atoms with Gasteiger partial charge in [-0.25, -0.2) is 12.8 Å². The molecule has 0 saturated carbocycles. The van der Waals surface area contributed by atoms with Gasteiger partial charge in [-0.15, -0.1) is 11.8 Å². The van der Waals surface area contributed by atoms with Gasteiger partial charge in [-0.1, -0.05) is 6.07 Å². The number of nitrogens with zero attached hydrogens (tertiary/aromatic N) is 1. The molecule has 0 fully saturated rings. The van der Waals surface area contributed by atoms with E-state index in [1.165, 1.54) is 49.0 Å². The first-order valence-electron chi connectivity index (χ1n) is 9.79. The summed E-state index contributed by atoms with van der Waals surface area (Å²) in [7, 11) is -4.15. The third-order valence-electron chi connectivity index (χ3n) is 4.52. The minimum absolute atomic E-state index is 0.0166. The van der Waals surface area contributed by atoms with Crippen LogP contribution in [0, 0.1) is 5.82 Å². The second-order valence-electron chi connectivity index (χ2n) is 6.97. The Labute approximate surface area is 196 Å². The highest BCUT2D eigenvalue weighted by atomic mass is 32.2. The predicted octanol–water partition coefficient (Wildman–Crippen LogP) is 4.34. The molecular formula is C23H22FN3O4S2. The summed E-state index contributed by atoms with van der Waals surface area (Å²) in [6.45, 7) is 0.815. The predicted molar refractivity (Wildman–Crippen MR) is 129 cm³/mol. The molecule has 3 aromatic carbocycles. The van der Waals surface area contributed by atoms with E-state index in [1.54, 1.807) is 36.4 Å². The fraction of sp³-hybridized carbons (Fsp3) is 0.130. The van der Waals surface area contributed by atoms with Crippen molar-refractivity contribution in [3.8, 4) is 0 Å². The van der Waals surface area contributed by atoms with Gasteiger partial charge in [-0.3, -0.25) is 13.9 Å². The number of anilines is 3. The van der Waals surface area contributed by atoms with E-state index < -0.39 is 28.3 Å². The Balaban J connectivity index is 1.86. The van der Waals surface area contributed by atoms with Crippen molar-refractivity contribution >= 4 is 50.7 Å². The average Bonchev–Trinajstić information content (AvgIpc) is 2.78. The third-order valence-corrected chi connectivity index (χ3v) is 7.05. The number of thioether (sulfide) groups is 1. The standard InChI is InChI=1S/C23H22FN3O4S2/c1-16(28)25-18-6-8-19(9-7-18)26-23(29)15-27(20-5-3-4-17(24)14-20)33(30,31)22-12-10-21(32-2)11-13-22/h3-14H,15H2,1-2H3,(H,25,28)(H,26,29). The van der Waals surface area contributed by atoms with E-state index in [4.69, 9.17) is 0 Å². The summed E-state index contributed by atoms with van der Waals surface area (Å²) in [5.74, 6) is -1.47. The lowest BCUT2D eigenvalue weighted by atomic mass is 10.2. The molecule has 0 heterocycles. The summed E-state index contributed by atoms with van der Waals surface area (Å²) in [4.78, 5) is 24.7. The van der Waals surface area contributed by atoms with Crippen molar-refractivity contribution in [1.82, 2.24) is 0 Å². The number of benzene rings is 3. The van der Waals surface area contributed by atoms with Crippen LogP contribution in [0.1, 0.15) is 6.92 Å². The van der Waals surface area contributed by atoms with Gasteiger partial charge in [0.25, 0.3) is 10.0 Å². The van der Waals surface area contributed by atoms with E-state index in [0.717, 1.165) is 15.3 Å². The van der Waals surface area contributed by atoms with Gasteiger partial charge in [0.2, 0.25) is 11.8 Å². The first kappa shape index (κ1) is 24.3. The first-order valence-corrected chi connectivity index (χ1v) is 12.5. The molecule has 172 valence electrons. The van der Waals surface area contributed by atoms with Gasteiger partial charge in [0.1, 0.15) is 12.4 Å². The smallest absolute Gasteiger partial charge is 0.264 e. The lowest BCUT2D eigenvalue weighted by Crippen LogP contribution is -2.38. The SMILES string of the molecule is CSc1ccc(S(=O)(=O)N(CC(=O)Nc2ccc(NC(C)=O)cc2)c2cccc(F)c2)cc1. The van der Waals surface area contributed by atoms with Gasteiger partial charge >= 0.3 is 0 Å². The molecule has 0 aromatic heterocycles. The van der Waals surface area contributed by atoms with Crippen LogP contribution in [-0.2, 0) is 19.6 Å². The Hall–Kier alpha value is -3.37. The lowest BCUT2D eigenvalue weighted by Gasteiger charge is -2.24. The van der Waals surface area contributed by atoms with Crippen molar-refractivity contribution in [2.24, 2.45) is 0 Å². The number of carbonyl (C=O) groups is 2. The van der Waals surface area contributed by atoms with E-state index in [0.29, 0.717) is 11.4 Å². The number of hydrogen-bond donors (Lipinski definition) is 2. The zero-order valence-corrected chi connectivity index (χ0v) is 19.5. The van der Waals surface area contributed by atoms with Crippen molar-refractivity contribution in [2.45, 2.75) is 16.7 Å². The van der Waals surface area contributed by atoms with Crippen LogP contribution >= 0.6 is 11.8 Å². The van der Waals surface area contributed by atoms with Gasteiger partial charge in [-0.05, 0) is 73.0 Å². The Morgan fingerprint density at radius 3 is 2.09 bits per heavy atom. The molecule has 33 heavy (non-hydrogen) atoms. The monoisotopic (exact) mass is 487 g/mol. The molecule has 0 unspecified atom stereocenters. The Bertz CT molecular complexity index is 1250. The molecule has 0 radical (unpaired) electrons. The normalized spacial score (nSPS) is 11.0. The Morgan fingerprint density at radius 1 is 0.939 bits per heavy atom. The van der Waals surface area contributed by atoms with E-state index in [2.05, 4.69) is 10.6 Å². The molecule has 0 spiro atoms. The van der Waals surface area contributed by atoms with Crippen LogP contribution in [0.2, 0.25) is 0 Å². The van der Waals surface area contributed by atoms with Crippen LogP contribution in [0.15, 0.2) is 82.6 Å². The third kappa shape index (κ3) is 6.33. The number of rotatable bonds is 8. The summed E-state index contributed by atoms with van der Waals surface area (Å²) in [5, 5.41) is 5.24. The van der Waals surface area contributed by atoms with Gasteiger partial charge in [0, 0.05) is 23.2 Å². The second-order valence-corrected chi connectivity index (χ2v) is 9.72. The minimum atomic E-state index is -4.15. The quantitative estimate of drug-likeness (QED) is 0.461. The Morgan fingerprint density at radius 2 is 1.55 bits per heavy atom. The number of nitrogens with one attached hydrogen (secondary N) is 2. The van der Waals surface area contributed by atoms with Gasteiger partial charge in [0.05, 0.1) is 10.6 Å². The maximum Gasteiger partial charge on any atom is 0.264 e. The van der Waals surface area contributed by atoms with E-state index in [-0.39, 0.29) is 16.5 Å². The number of sulfonamides is 1. The van der Waals surface area contributed by atoms with Crippen molar-refractivity contribution in [2.75, 3.05) is 27.7 Å². The van der Waals surface area contributed by atoms with Gasteiger partial charge in [0.15, 0.2) is 0 Å². The molecule has 10 heteroatoms. The molecule has 7 nitrogen and oxygen atoms in total. The fourth-order valence-electron chi connectivity index (χ4n) is 2.99. The molecule has 0 bridgehead atoms. The molecule has 0 atom stereocenters. The van der Waals surface area contributed by atoms with Crippen molar-refractivity contribution < 1.29 is 22.4 Å². The van der Waals surface area contributed by atoms with Crippen molar-refractivity contribution in [1.29, 1.82) is 0 Å². The zero-order valence-electron chi connectivity index (χ0n) is 17.9. The number of amides is 2. The molecule has 3 rings (SSSR count). The fourth-order valence-corrected chi connectivity index (χ4v) is 4.81. The van der Waals surface area contributed by atoms with Crippen LogP contribution in [-0.4, -0.2) is 33.0 Å². The molecule has 2 amide bonds. The van der Waals surface area contributed by atoms with Crippen molar-refractivity contribution in [3.63, 3.8) is 0 Å². The number of halogens is 1. The molecule has 0 aliphatic carbocycles. The summed E-state index contributed by atoms with van der Waals surface area (Å²) in [6.07, 6.45) is 1.87. The molecule has 2 N–H and O–H groups in total. The highest BCUT2D eigenvalue weighted by Crippen LogP contribution is 2.26. The summed E-state index contributed by atoms with van der Waals surface area (Å²) in [6, 6.07) is 17.6. The van der Waals surface area contributed by atoms with E-state index in [9.17, 15) is 22.4 Å². The molecule has 0 aliphatic rings. The summed E-state index contributed by atoms with van der Waals surface area (Å²) >= 11 is 1.47. The maximum atomic E-state index is 13.9. The van der Waals surface area contributed by atoms with Crippen LogP contribution in [0.5, 0.6) is 0 Å². The zero-order chi connectivity index (χ0) is 24.0. The summed E-state index contributed by atoms with van der Waals surface area (Å²) in [5.41, 5.74) is 0.994. The summed E-state index contributed by atoms with van der Waals surface area (Å²) < 4.78 is 41.5. The number of hydrogen-bond acceptors (Lipinski definition) is 5. The molecule has 0 saturated heterocycles. The highest BCUT2D eigenvalue weighted by Gasteiger charge is 2.27. The second kappa shape index (κ2) is 10.5. The van der Waals surface area contributed by atoms with Crippen molar-refractivity contribution in [3.05, 3.63) is 78.6 Å².